The van der Waals surface area contributed by atoms with Gasteiger partial charge in [0.05, 0.1) is 4.90 Å². The molecule has 0 unspecified atom stereocenters. The molecule has 0 spiro atoms. The van der Waals surface area contributed by atoms with Crippen LogP contribution in [0.25, 0.3) is 0 Å². The summed E-state index contributed by atoms with van der Waals surface area (Å²) in [5.74, 6) is -0.809. The van der Waals surface area contributed by atoms with Gasteiger partial charge in [-0.3, -0.25) is 14.3 Å². The SMILES string of the molecule is Cc1ccc(S(=O)(=O)Nc2ccc(F)cc2)cc1C(=O)Nc1cccc(CN2CCCC2=O)c1. The Morgan fingerprint density at radius 2 is 1.79 bits per heavy atom. The molecule has 3 aromatic rings. The molecule has 0 bridgehead atoms. The second-order valence-corrected chi connectivity index (χ2v) is 9.84. The van der Waals surface area contributed by atoms with Gasteiger partial charge < -0.3 is 10.2 Å². The first-order valence-electron chi connectivity index (χ1n) is 10.8. The summed E-state index contributed by atoms with van der Waals surface area (Å²) in [6, 6.07) is 16.4. The number of hydrogen-bond acceptors (Lipinski definition) is 4. The standard InChI is InChI=1S/C25H24FN3O4S/c1-17-7-12-22(34(32,33)28-20-10-8-19(26)9-11-20)15-23(17)25(31)27-21-5-2-4-18(14-21)16-29-13-3-6-24(29)30/h2,4-5,7-12,14-15,28H,3,6,13,16H2,1H3,(H,27,31). The molecule has 1 aliphatic heterocycles. The summed E-state index contributed by atoms with van der Waals surface area (Å²) in [4.78, 5) is 26.6. The molecule has 7 nitrogen and oxygen atoms in total. The van der Waals surface area contributed by atoms with Crippen molar-refractivity contribution in [2.75, 3.05) is 16.6 Å². The molecule has 9 heteroatoms. The maximum atomic E-state index is 13.1. The maximum Gasteiger partial charge on any atom is 0.261 e. The van der Waals surface area contributed by atoms with Gasteiger partial charge in [0.1, 0.15) is 5.82 Å². The van der Waals surface area contributed by atoms with E-state index in [4.69, 9.17) is 0 Å². The number of nitrogens with one attached hydrogen (secondary N) is 2. The number of aryl methyl sites for hydroxylation is 1. The number of nitrogens with zero attached hydrogens (tertiary/aromatic N) is 1. The summed E-state index contributed by atoms with van der Waals surface area (Å²) in [5.41, 5.74) is 2.47. The molecule has 0 aliphatic carbocycles. The van der Waals surface area contributed by atoms with Gasteiger partial charge in [-0.05, 0) is 73.0 Å². The van der Waals surface area contributed by atoms with Crippen LogP contribution in [0.3, 0.4) is 0 Å². The van der Waals surface area contributed by atoms with Crippen LogP contribution < -0.4 is 10.0 Å². The van der Waals surface area contributed by atoms with E-state index in [2.05, 4.69) is 10.0 Å². The minimum absolute atomic E-state index is 0.0890. The van der Waals surface area contributed by atoms with Gasteiger partial charge in [0.25, 0.3) is 15.9 Å². The summed E-state index contributed by atoms with van der Waals surface area (Å²) >= 11 is 0. The fourth-order valence-corrected chi connectivity index (χ4v) is 4.87. The van der Waals surface area contributed by atoms with Crippen molar-refractivity contribution in [1.82, 2.24) is 4.90 Å². The number of anilines is 2. The second-order valence-electron chi connectivity index (χ2n) is 8.16. The minimum Gasteiger partial charge on any atom is -0.338 e. The number of carbonyl (C=O) groups is 2. The zero-order valence-electron chi connectivity index (χ0n) is 18.5. The topological polar surface area (TPSA) is 95.6 Å². The number of likely N-dealkylation sites (tertiary alicyclic amines) is 1. The molecule has 1 heterocycles. The Morgan fingerprint density at radius 1 is 1.03 bits per heavy atom. The molecule has 1 aliphatic rings. The minimum atomic E-state index is -3.99. The van der Waals surface area contributed by atoms with E-state index in [1.807, 2.05) is 6.07 Å². The molecule has 1 fully saturated rings. The number of halogens is 1. The van der Waals surface area contributed by atoms with E-state index in [0.29, 0.717) is 24.2 Å². The largest absolute Gasteiger partial charge is 0.338 e. The molecular weight excluding hydrogens is 457 g/mol. The fraction of sp³-hybridized carbons (Fsp3) is 0.200. The molecule has 4 rings (SSSR count). The number of carbonyl (C=O) groups excluding carboxylic acids is 2. The molecule has 0 atom stereocenters. The Morgan fingerprint density at radius 3 is 2.50 bits per heavy atom. The molecule has 1 saturated heterocycles. The van der Waals surface area contributed by atoms with Gasteiger partial charge in [-0.2, -0.15) is 0 Å². The molecule has 0 saturated carbocycles. The number of hydrogen-bond donors (Lipinski definition) is 2. The van der Waals surface area contributed by atoms with Crippen LogP contribution in [-0.4, -0.2) is 31.7 Å². The number of rotatable bonds is 7. The first-order chi connectivity index (χ1) is 16.2. The smallest absolute Gasteiger partial charge is 0.261 e. The molecular formula is C25H24FN3O4S. The fourth-order valence-electron chi connectivity index (χ4n) is 3.78. The van der Waals surface area contributed by atoms with Crippen LogP contribution in [0.5, 0.6) is 0 Å². The van der Waals surface area contributed by atoms with Crippen molar-refractivity contribution < 1.29 is 22.4 Å². The average molecular weight is 482 g/mol. The Kier molecular flexibility index (Phi) is 6.65. The molecule has 176 valence electrons. The maximum absolute atomic E-state index is 13.1. The Bertz CT molecular complexity index is 1340. The third-order valence-corrected chi connectivity index (χ3v) is 6.97. The van der Waals surface area contributed by atoms with E-state index in [0.717, 1.165) is 30.7 Å². The van der Waals surface area contributed by atoms with Gasteiger partial charge in [-0.25, -0.2) is 12.8 Å². The first-order valence-corrected chi connectivity index (χ1v) is 12.3. The van der Waals surface area contributed by atoms with Crippen LogP contribution >= 0.6 is 0 Å². The highest BCUT2D eigenvalue weighted by atomic mass is 32.2. The van der Waals surface area contributed by atoms with Crippen molar-refractivity contribution in [2.24, 2.45) is 0 Å². The van der Waals surface area contributed by atoms with E-state index < -0.39 is 21.7 Å². The predicted molar refractivity (Wildman–Crippen MR) is 127 cm³/mol. The summed E-state index contributed by atoms with van der Waals surface area (Å²) in [6.45, 7) is 2.92. The Labute approximate surface area is 197 Å². The van der Waals surface area contributed by atoms with Crippen LogP contribution in [0.15, 0.2) is 71.6 Å². The molecule has 3 aromatic carbocycles. The van der Waals surface area contributed by atoms with Crippen LogP contribution in [0.1, 0.15) is 34.3 Å². The third kappa shape index (κ3) is 5.43. The summed E-state index contributed by atoms with van der Waals surface area (Å²) < 4.78 is 41.1. The summed E-state index contributed by atoms with van der Waals surface area (Å²) in [6.07, 6.45) is 1.41. The highest BCUT2D eigenvalue weighted by Gasteiger charge is 2.21. The van der Waals surface area contributed by atoms with E-state index in [9.17, 15) is 22.4 Å². The van der Waals surface area contributed by atoms with Gasteiger partial charge in [-0.1, -0.05) is 18.2 Å². The number of amides is 2. The lowest BCUT2D eigenvalue weighted by Crippen LogP contribution is -2.23. The summed E-state index contributed by atoms with van der Waals surface area (Å²) in [5, 5.41) is 2.81. The van der Waals surface area contributed by atoms with Gasteiger partial charge >= 0.3 is 0 Å². The Hall–Kier alpha value is -3.72. The monoisotopic (exact) mass is 481 g/mol. The number of sulfonamides is 1. The quantitative estimate of drug-likeness (QED) is 0.526. The van der Waals surface area contributed by atoms with Gasteiger partial charge in [0.2, 0.25) is 5.91 Å². The van der Waals surface area contributed by atoms with Gasteiger partial charge in [0, 0.05) is 36.4 Å². The third-order valence-electron chi connectivity index (χ3n) is 5.59. The van der Waals surface area contributed by atoms with E-state index in [1.54, 1.807) is 36.1 Å². The van der Waals surface area contributed by atoms with Crippen molar-refractivity contribution in [3.63, 3.8) is 0 Å². The van der Waals surface area contributed by atoms with Gasteiger partial charge in [0.15, 0.2) is 0 Å². The molecule has 0 radical (unpaired) electrons. The highest BCUT2D eigenvalue weighted by Crippen LogP contribution is 2.22. The predicted octanol–water partition coefficient (Wildman–Crippen LogP) is 4.31. The zero-order valence-corrected chi connectivity index (χ0v) is 19.4. The van der Waals surface area contributed by atoms with Crippen LogP contribution in [0, 0.1) is 12.7 Å². The van der Waals surface area contributed by atoms with Crippen molar-refractivity contribution in [2.45, 2.75) is 31.2 Å². The second kappa shape index (κ2) is 9.64. The normalized spacial score (nSPS) is 13.7. The molecule has 2 amide bonds. The van der Waals surface area contributed by atoms with E-state index >= 15 is 0 Å². The van der Waals surface area contributed by atoms with Crippen molar-refractivity contribution in [3.8, 4) is 0 Å². The van der Waals surface area contributed by atoms with E-state index in [-0.39, 0.29) is 22.1 Å². The van der Waals surface area contributed by atoms with Crippen LogP contribution in [-0.2, 0) is 21.4 Å². The van der Waals surface area contributed by atoms with Crippen LogP contribution in [0.2, 0.25) is 0 Å². The van der Waals surface area contributed by atoms with Gasteiger partial charge in [-0.15, -0.1) is 0 Å². The Balaban J connectivity index is 1.51. The number of benzene rings is 3. The molecule has 2 N–H and O–H groups in total. The molecule has 34 heavy (non-hydrogen) atoms. The van der Waals surface area contributed by atoms with Crippen LogP contribution in [0.4, 0.5) is 15.8 Å². The highest BCUT2D eigenvalue weighted by molar-refractivity contribution is 7.92. The zero-order chi connectivity index (χ0) is 24.3. The lowest BCUT2D eigenvalue weighted by molar-refractivity contribution is -0.128. The van der Waals surface area contributed by atoms with E-state index in [1.165, 1.54) is 24.3 Å². The summed E-state index contributed by atoms with van der Waals surface area (Å²) in [7, 11) is -3.99. The van der Waals surface area contributed by atoms with Crippen molar-refractivity contribution in [3.05, 3.63) is 89.2 Å². The average Bonchev–Trinajstić information content (AvgIpc) is 3.20. The molecule has 0 aromatic heterocycles. The van der Waals surface area contributed by atoms with Crippen molar-refractivity contribution >= 4 is 33.2 Å². The lowest BCUT2D eigenvalue weighted by Gasteiger charge is -2.16. The first kappa shape index (κ1) is 23.4. The van der Waals surface area contributed by atoms with Crippen molar-refractivity contribution in [1.29, 1.82) is 0 Å². The lowest BCUT2D eigenvalue weighted by atomic mass is 10.1.